The number of nitrogens with zero attached hydrogens (tertiary/aromatic N) is 3. The third-order valence-corrected chi connectivity index (χ3v) is 2.31. The Morgan fingerprint density at radius 1 is 1.69 bits per heavy atom. The minimum absolute atomic E-state index is 0.0710. The summed E-state index contributed by atoms with van der Waals surface area (Å²) in [6.45, 7) is 2.25. The number of carbonyl (C=O) groups excluding carboxylic acids is 1. The first-order valence-corrected chi connectivity index (χ1v) is 5.01. The van der Waals surface area contributed by atoms with E-state index in [-0.39, 0.29) is 11.9 Å². The summed E-state index contributed by atoms with van der Waals surface area (Å²) in [5, 5.41) is 6.82. The molecule has 16 heavy (non-hydrogen) atoms. The summed E-state index contributed by atoms with van der Waals surface area (Å²) < 4.78 is 1.61. The number of nitrogens with one attached hydrogen (secondary N) is 2. The van der Waals surface area contributed by atoms with Crippen LogP contribution in [-0.4, -0.2) is 25.7 Å². The van der Waals surface area contributed by atoms with Crippen LogP contribution in [0.15, 0.2) is 31.0 Å². The van der Waals surface area contributed by atoms with Gasteiger partial charge in [0.15, 0.2) is 0 Å². The molecule has 6 nitrogen and oxygen atoms in total. The fraction of sp³-hybridized carbons (Fsp3) is 0.300. The van der Waals surface area contributed by atoms with E-state index in [1.165, 1.54) is 0 Å². The maximum atomic E-state index is 11.7. The smallest absolute Gasteiger partial charge is 0.244 e. The van der Waals surface area contributed by atoms with Gasteiger partial charge in [-0.25, -0.2) is 4.98 Å². The van der Waals surface area contributed by atoms with E-state index in [4.69, 9.17) is 0 Å². The molecule has 1 atom stereocenters. The largest absolute Gasteiger partial charge is 0.349 e. The molecule has 2 N–H and O–H groups in total. The summed E-state index contributed by atoms with van der Waals surface area (Å²) in [5.74, 6) is -0.0710. The average Bonchev–Trinajstić information content (AvgIpc) is 2.96. The molecule has 0 radical (unpaired) electrons. The Morgan fingerprint density at radius 3 is 3.19 bits per heavy atom. The van der Waals surface area contributed by atoms with Crippen LogP contribution in [0.3, 0.4) is 0 Å². The summed E-state index contributed by atoms with van der Waals surface area (Å²) in [4.78, 5) is 18.5. The zero-order valence-corrected chi connectivity index (χ0v) is 8.92. The molecule has 2 rings (SSSR count). The van der Waals surface area contributed by atoms with E-state index in [0.29, 0.717) is 6.54 Å². The van der Waals surface area contributed by atoms with Crippen LogP contribution in [0.4, 0.5) is 0 Å². The second kappa shape index (κ2) is 4.61. The Kier molecular flexibility index (Phi) is 3.00. The molecule has 2 aromatic rings. The number of hydrogen-bond donors (Lipinski definition) is 2. The van der Waals surface area contributed by atoms with Gasteiger partial charge >= 0.3 is 0 Å². The van der Waals surface area contributed by atoms with Gasteiger partial charge in [-0.3, -0.25) is 9.48 Å². The van der Waals surface area contributed by atoms with Gasteiger partial charge in [-0.2, -0.15) is 5.10 Å². The number of aromatic nitrogens is 4. The molecule has 0 bridgehead atoms. The van der Waals surface area contributed by atoms with E-state index < -0.39 is 0 Å². The summed E-state index contributed by atoms with van der Waals surface area (Å²) >= 11 is 0. The molecule has 0 aromatic carbocycles. The number of hydrogen-bond acceptors (Lipinski definition) is 3. The van der Waals surface area contributed by atoms with Crippen LogP contribution in [0, 0.1) is 0 Å². The number of carbonyl (C=O) groups is 1. The van der Waals surface area contributed by atoms with Gasteiger partial charge in [0, 0.05) is 18.6 Å². The molecule has 0 aliphatic rings. The molecule has 0 saturated carbocycles. The molecule has 0 fully saturated rings. The first-order valence-electron chi connectivity index (χ1n) is 5.01. The zero-order valence-electron chi connectivity index (χ0n) is 8.92. The van der Waals surface area contributed by atoms with Crippen molar-refractivity contribution in [3.8, 4) is 0 Å². The number of amides is 1. The Hall–Kier alpha value is -2.11. The molecular formula is C10H13N5O. The highest BCUT2D eigenvalue weighted by molar-refractivity contribution is 5.79. The van der Waals surface area contributed by atoms with Gasteiger partial charge in [0.1, 0.15) is 6.04 Å². The fourth-order valence-corrected chi connectivity index (χ4v) is 1.34. The SMILES string of the molecule is CC(C(=O)NCc1cnc[nH]1)n1cccn1. The van der Waals surface area contributed by atoms with Crippen molar-refractivity contribution >= 4 is 5.91 Å². The number of H-pyrrole nitrogens is 1. The van der Waals surface area contributed by atoms with Gasteiger partial charge in [-0.1, -0.05) is 0 Å². The van der Waals surface area contributed by atoms with Gasteiger partial charge in [0.05, 0.1) is 18.6 Å². The Labute approximate surface area is 92.7 Å². The van der Waals surface area contributed by atoms with E-state index in [0.717, 1.165) is 5.69 Å². The molecular weight excluding hydrogens is 206 g/mol. The minimum atomic E-state index is -0.307. The number of rotatable bonds is 4. The van der Waals surface area contributed by atoms with Crippen molar-refractivity contribution in [1.82, 2.24) is 25.1 Å². The maximum absolute atomic E-state index is 11.7. The third-order valence-electron chi connectivity index (χ3n) is 2.31. The molecule has 1 unspecified atom stereocenters. The van der Waals surface area contributed by atoms with Gasteiger partial charge in [-0.15, -0.1) is 0 Å². The van der Waals surface area contributed by atoms with Crippen molar-refractivity contribution in [2.75, 3.05) is 0 Å². The summed E-state index contributed by atoms with van der Waals surface area (Å²) in [5.41, 5.74) is 0.876. The fourth-order valence-electron chi connectivity index (χ4n) is 1.34. The standard InChI is InChI=1S/C10H13N5O/c1-8(15-4-2-3-14-15)10(16)12-6-9-5-11-7-13-9/h2-5,7-8H,6H2,1H3,(H,11,13)(H,12,16). The summed E-state index contributed by atoms with van der Waals surface area (Å²) in [6, 6.07) is 1.48. The topological polar surface area (TPSA) is 75.6 Å². The monoisotopic (exact) mass is 219 g/mol. The highest BCUT2D eigenvalue weighted by Gasteiger charge is 2.14. The second-order valence-corrected chi connectivity index (χ2v) is 3.46. The van der Waals surface area contributed by atoms with Crippen molar-refractivity contribution in [3.05, 3.63) is 36.7 Å². The molecule has 2 heterocycles. The third kappa shape index (κ3) is 2.28. The van der Waals surface area contributed by atoms with Crippen LogP contribution in [0.25, 0.3) is 0 Å². The van der Waals surface area contributed by atoms with Crippen LogP contribution in [-0.2, 0) is 11.3 Å². The van der Waals surface area contributed by atoms with E-state index in [2.05, 4.69) is 20.4 Å². The molecule has 1 amide bonds. The first-order chi connectivity index (χ1) is 7.77. The predicted octanol–water partition coefficient (Wildman–Crippen LogP) is 0.484. The average molecular weight is 219 g/mol. The molecule has 84 valence electrons. The minimum Gasteiger partial charge on any atom is -0.349 e. The Balaban J connectivity index is 1.89. The number of imidazole rings is 1. The normalized spacial score (nSPS) is 12.3. The molecule has 6 heteroatoms. The Morgan fingerprint density at radius 2 is 2.56 bits per heavy atom. The van der Waals surface area contributed by atoms with Crippen LogP contribution in [0.1, 0.15) is 18.7 Å². The van der Waals surface area contributed by atoms with Crippen molar-refractivity contribution in [3.63, 3.8) is 0 Å². The van der Waals surface area contributed by atoms with Crippen LogP contribution < -0.4 is 5.32 Å². The van der Waals surface area contributed by atoms with Gasteiger partial charge in [0.25, 0.3) is 0 Å². The summed E-state index contributed by atoms with van der Waals surface area (Å²) in [7, 11) is 0. The zero-order chi connectivity index (χ0) is 11.4. The van der Waals surface area contributed by atoms with Gasteiger partial charge in [-0.05, 0) is 13.0 Å². The van der Waals surface area contributed by atoms with Gasteiger partial charge in [0.2, 0.25) is 5.91 Å². The lowest BCUT2D eigenvalue weighted by molar-refractivity contribution is -0.124. The summed E-state index contributed by atoms with van der Waals surface area (Å²) in [6.07, 6.45) is 6.68. The molecule has 0 aliphatic heterocycles. The van der Waals surface area contributed by atoms with E-state index in [1.807, 2.05) is 0 Å². The van der Waals surface area contributed by atoms with E-state index in [1.54, 1.807) is 42.6 Å². The molecule has 0 aliphatic carbocycles. The Bertz CT molecular complexity index is 434. The first kappa shape index (κ1) is 10.4. The van der Waals surface area contributed by atoms with E-state index in [9.17, 15) is 4.79 Å². The van der Waals surface area contributed by atoms with Crippen molar-refractivity contribution < 1.29 is 4.79 Å². The lowest BCUT2D eigenvalue weighted by Crippen LogP contribution is -2.30. The maximum Gasteiger partial charge on any atom is 0.244 e. The van der Waals surface area contributed by atoms with Crippen LogP contribution in [0.2, 0.25) is 0 Å². The molecule has 2 aromatic heterocycles. The predicted molar refractivity (Wildman–Crippen MR) is 57.4 cm³/mol. The second-order valence-electron chi connectivity index (χ2n) is 3.46. The van der Waals surface area contributed by atoms with Crippen molar-refractivity contribution in [2.24, 2.45) is 0 Å². The van der Waals surface area contributed by atoms with Gasteiger partial charge < -0.3 is 10.3 Å². The highest BCUT2D eigenvalue weighted by atomic mass is 16.2. The van der Waals surface area contributed by atoms with Crippen molar-refractivity contribution in [1.29, 1.82) is 0 Å². The lowest BCUT2D eigenvalue weighted by Gasteiger charge is -2.11. The van der Waals surface area contributed by atoms with Crippen molar-refractivity contribution in [2.45, 2.75) is 19.5 Å². The lowest BCUT2D eigenvalue weighted by atomic mass is 10.3. The van der Waals surface area contributed by atoms with Crippen LogP contribution in [0.5, 0.6) is 0 Å². The number of aromatic amines is 1. The molecule has 0 spiro atoms. The highest BCUT2D eigenvalue weighted by Crippen LogP contribution is 2.03. The van der Waals surface area contributed by atoms with E-state index >= 15 is 0 Å². The van der Waals surface area contributed by atoms with Crippen LogP contribution >= 0.6 is 0 Å². The quantitative estimate of drug-likeness (QED) is 0.785. The molecule has 0 saturated heterocycles.